The molecule has 0 N–H and O–H groups in total. The summed E-state index contributed by atoms with van der Waals surface area (Å²) in [6.45, 7) is 4.08. The van der Waals surface area contributed by atoms with Gasteiger partial charge in [0.2, 0.25) is 0 Å². The maximum Gasteiger partial charge on any atom is 0.310 e. The van der Waals surface area contributed by atoms with Crippen LogP contribution in [0.15, 0.2) is 29.8 Å². The molecule has 1 aliphatic carbocycles. The molecular formula is C22H28N2O3. The molecule has 144 valence electrons. The zero-order valence-electron chi connectivity index (χ0n) is 16.6. The molecule has 1 aromatic carbocycles. The molecule has 4 heterocycles. The number of fused-ring (bicyclic) bond motifs is 3. The number of carbonyl (C=O) groups is 1. The second kappa shape index (κ2) is 5.51. The first-order valence-corrected chi connectivity index (χ1v) is 9.95. The molecule has 0 radical (unpaired) electrons. The third-order valence-electron chi connectivity index (χ3n) is 8.03. The van der Waals surface area contributed by atoms with Gasteiger partial charge >= 0.3 is 5.97 Å². The van der Waals surface area contributed by atoms with Crippen molar-refractivity contribution in [1.29, 1.82) is 0 Å². The zero-order valence-corrected chi connectivity index (χ0v) is 16.6. The molecule has 1 spiro atoms. The zero-order chi connectivity index (χ0) is 19.0. The SMILES string of the molecule is CC=C1CN2CC[C@@]34c5cc(OC)ccc5N(C)C23CC[C@@H]1[C@H]4C(=O)OC. The molecule has 3 saturated heterocycles. The minimum Gasteiger partial charge on any atom is -0.497 e. The van der Waals surface area contributed by atoms with Crippen molar-refractivity contribution in [2.24, 2.45) is 11.8 Å². The number of nitrogens with zero attached hydrogens (tertiary/aromatic N) is 2. The van der Waals surface area contributed by atoms with Crippen molar-refractivity contribution in [2.75, 3.05) is 39.3 Å². The number of methoxy groups -OCH3 is 2. The summed E-state index contributed by atoms with van der Waals surface area (Å²) in [4.78, 5) is 18.3. The van der Waals surface area contributed by atoms with E-state index >= 15 is 0 Å². The van der Waals surface area contributed by atoms with Crippen LogP contribution in [0.25, 0.3) is 0 Å². The standard InChI is InChI=1S/C22H28N2O3/c1-5-14-13-24-11-10-21-17-12-15(26-3)6-7-18(17)23(2)22(21,24)9-8-16(14)19(21)20(25)27-4/h5-7,12,16,19H,8-11,13H2,1-4H3/t16-,19-,21-,22?/m0/s1. The topological polar surface area (TPSA) is 42.0 Å². The van der Waals surface area contributed by atoms with E-state index in [1.165, 1.54) is 23.9 Å². The average molecular weight is 368 g/mol. The van der Waals surface area contributed by atoms with Crippen molar-refractivity contribution >= 4 is 11.7 Å². The third kappa shape index (κ3) is 1.73. The van der Waals surface area contributed by atoms with Crippen LogP contribution < -0.4 is 9.64 Å². The van der Waals surface area contributed by atoms with E-state index in [9.17, 15) is 4.79 Å². The fourth-order valence-corrected chi connectivity index (χ4v) is 7.06. The lowest BCUT2D eigenvalue weighted by molar-refractivity contribution is -0.154. The molecular weight excluding hydrogens is 340 g/mol. The van der Waals surface area contributed by atoms with Crippen molar-refractivity contribution < 1.29 is 14.3 Å². The summed E-state index contributed by atoms with van der Waals surface area (Å²) >= 11 is 0. The van der Waals surface area contributed by atoms with Gasteiger partial charge in [-0.2, -0.15) is 0 Å². The first-order valence-electron chi connectivity index (χ1n) is 9.95. The Balaban J connectivity index is 1.84. The van der Waals surface area contributed by atoms with E-state index in [0.29, 0.717) is 0 Å². The number of hydrogen-bond acceptors (Lipinski definition) is 5. The molecule has 5 atom stereocenters. The van der Waals surface area contributed by atoms with Crippen molar-refractivity contribution in [3.63, 3.8) is 0 Å². The number of benzene rings is 1. The van der Waals surface area contributed by atoms with Gasteiger partial charge in [0.15, 0.2) is 0 Å². The van der Waals surface area contributed by atoms with E-state index < -0.39 is 0 Å². The molecule has 6 rings (SSSR count). The predicted octanol–water partition coefficient (Wildman–Crippen LogP) is 2.94. The Morgan fingerprint density at radius 2 is 2.11 bits per heavy atom. The van der Waals surface area contributed by atoms with Gasteiger partial charge in [0.25, 0.3) is 0 Å². The smallest absolute Gasteiger partial charge is 0.310 e. The number of carbonyl (C=O) groups excluding carboxylic acids is 1. The van der Waals surface area contributed by atoms with Crippen LogP contribution in [-0.2, 0) is 14.9 Å². The van der Waals surface area contributed by atoms with Crippen LogP contribution in [0.4, 0.5) is 5.69 Å². The Bertz CT molecular complexity index is 850. The summed E-state index contributed by atoms with van der Waals surface area (Å²) in [5.41, 5.74) is 3.51. The van der Waals surface area contributed by atoms with E-state index in [-0.39, 0.29) is 28.9 Å². The number of likely N-dealkylation sites (N-methyl/N-ethyl adjacent to an activating group) is 1. The van der Waals surface area contributed by atoms with Crippen molar-refractivity contribution in [2.45, 2.75) is 37.3 Å². The highest BCUT2D eigenvalue weighted by Gasteiger charge is 2.75. The first-order chi connectivity index (χ1) is 13.0. The highest BCUT2D eigenvalue weighted by atomic mass is 16.5. The van der Waals surface area contributed by atoms with Gasteiger partial charge in [0.1, 0.15) is 11.4 Å². The molecule has 27 heavy (non-hydrogen) atoms. The summed E-state index contributed by atoms with van der Waals surface area (Å²) in [6, 6.07) is 6.38. The molecule has 5 heteroatoms. The lowest BCUT2D eigenvalue weighted by atomic mass is 9.54. The Hall–Kier alpha value is -2.01. The number of hydrogen-bond donors (Lipinski definition) is 0. The fourth-order valence-electron chi connectivity index (χ4n) is 7.06. The highest BCUT2D eigenvalue weighted by molar-refractivity contribution is 5.82. The van der Waals surface area contributed by atoms with Gasteiger partial charge < -0.3 is 14.4 Å². The molecule has 1 aromatic rings. The van der Waals surface area contributed by atoms with Crippen LogP contribution in [0.1, 0.15) is 31.7 Å². The van der Waals surface area contributed by atoms with Crippen LogP contribution >= 0.6 is 0 Å². The summed E-state index contributed by atoms with van der Waals surface area (Å²) in [5, 5.41) is 0. The Labute approximate surface area is 160 Å². The summed E-state index contributed by atoms with van der Waals surface area (Å²) in [5.74, 6) is 0.912. The van der Waals surface area contributed by atoms with E-state index in [2.05, 4.69) is 42.0 Å². The van der Waals surface area contributed by atoms with Crippen LogP contribution in [0.5, 0.6) is 5.75 Å². The molecule has 0 aromatic heterocycles. The van der Waals surface area contributed by atoms with Crippen molar-refractivity contribution in [3.05, 3.63) is 35.4 Å². The average Bonchev–Trinajstić information content (AvgIpc) is 3.03. The van der Waals surface area contributed by atoms with Gasteiger partial charge in [-0.05, 0) is 55.9 Å². The summed E-state index contributed by atoms with van der Waals surface area (Å²) in [6.07, 6.45) is 5.34. The van der Waals surface area contributed by atoms with Gasteiger partial charge in [-0.25, -0.2) is 0 Å². The van der Waals surface area contributed by atoms with E-state index in [1.54, 1.807) is 7.11 Å². The second-order valence-electron chi connectivity index (χ2n) is 8.41. The van der Waals surface area contributed by atoms with E-state index in [0.717, 1.165) is 38.1 Å². The number of allylic oxidation sites excluding steroid dienone is 1. The van der Waals surface area contributed by atoms with Crippen LogP contribution in [0, 0.1) is 11.8 Å². The monoisotopic (exact) mass is 368 g/mol. The van der Waals surface area contributed by atoms with E-state index in [4.69, 9.17) is 9.47 Å². The van der Waals surface area contributed by atoms with Gasteiger partial charge in [0.05, 0.1) is 20.1 Å². The number of anilines is 1. The Morgan fingerprint density at radius 1 is 1.30 bits per heavy atom. The Kier molecular flexibility index (Phi) is 3.49. The maximum atomic E-state index is 13.2. The lowest BCUT2D eigenvalue weighted by Gasteiger charge is -2.54. The van der Waals surface area contributed by atoms with Gasteiger partial charge in [-0.15, -0.1) is 0 Å². The van der Waals surface area contributed by atoms with Crippen molar-refractivity contribution in [1.82, 2.24) is 4.90 Å². The molecule has 5 aliphatic rings. The minimum absolute atomic E-state index is 0.0590. The fraction of sp³-hybridized carbons (Fsp3) is 0.591. The van der Waals surface area contributed by atoms with E-state index in [1.807, 2.05) is 6.07 Å². The normalized spacial score (nSPS) is 39.9. The molecule has 4 aliphatic heterocycles. The molecule has 2 unspecified atom stereocenters. The second-order valence-corrected chi connectivity index (χ2v) is 8.41. The van der Waals surface area contributed by atoms with Crippen LogP contribution in [0.2, 0.25) is 0 Å². The molecule has 4 bridgehead atoms. The minimum atomic E-state index is -0.244. The van der Waals surface area contributed by atoms with Gasteiger partial charge in [-0.1, -0.05) is 11.6 Å². The quantitative estimate of drug-likeness (QED) is 0.593. The Morgan fingerprint density at radius 3 is 2.81 bits per heavy atom. The van der Waals surface area contributed by atoms with Gasteiger partial charge in [-0.3, -0.25) is 9.69 Å². The third-order valence-corrected chi connectivity index (χ3v) is 8.03. The summed E-state index contributed by atoms with van der Waals surface area (Å²) < 4.78 is 11.0. The summed E-state index contributed by atoms with van der Waals surface area (Å²) in [7, 11) is 5.46. The molecule has 0 amide bonds. The molecule has 5 nitrogen and oxygen atoms in total. The maximum absolute atomic E-state index is 13.2. The molecule has 4 fully saturated rings. The highest BCUT2D eigenvalue weighted by Crippen LogP contribution is 2.69. The largest absolute Gasteiger partial charge is 0.497 e. The van der Waals surface area contributed by atoms with Gasteiger partial charge in [0, 0.05) is 31.2 Å². The lowest BCUT2D eigenvalue weighted by Crippen LogP contribution is -2.66. The van der Waals surface area contributed by atoms with Crippen LogP contribution in [0.3, 0.4) is 0 Å². The number of ether oxygens (including phenoxy) is 2. The molecule has 1 saturated carbocycles. The number of esters is 1. The van der Waals surface area contributed by atoms with Crippen molar-refractivity contribution in [3.8, 4) is 5.75 Å². The predicted molar refractivity (Wildman–Crippen MR) is 104 cm³/mol. The van der Waals surface area contributed by atoms with Crippen LogP contribution in [-0.4, -0.2) is 50.9 Å². The first kappa shape index (κ1) is 17.1. The number of rotatable bonds is 2.